The van der Waals surface area contributed by atoms with Crippen LogP contribution < -0.4 is 0 Å². The molecule has 0 bridgehead atoms. The van der Waals surface area contributed by atoms with E-state index < -0.39 is 5.97 Å². The maximum Gasteiger partial charge on any atom is 0.343 e. The van der Waals surface area contributed by atoms with E-state index in [0.29, 0.717) is 12.0 Å². The van der Waals surface area contributed by atoms with Gasteiger partial charge in [0.1, 0.15) is 0 Å². The maximum atomic E-state index is 11.6. The Balaban J connectivity index is 2.08. The normalized spacial score (nSPS) is 15.5. The Morgan fingerprint density at radius 1 is 1.19 bits per heavy atom. The standard InChI is InChI=1S/C13H12O3/c14-11-8-4-5-9-12(11)16-13(15)10-6-2-1-3-7-10/h1-3,6-7,9H,4-5,8H2. The molecule has 0 spiro atoms. The van der Waals surface area contributed by atoms with Crippen LogP contribution in [0.3, 0.4) is 0 Å². The fourth-order valence-corrected chi connectivity index (χ4v) is 1.56. The summed E-state index contributed by atoms with van der Waals surface area (Å²) < 4.78 is 5.06. The third-order valence-corrected chi connectivity index (χ3v) is 2.42. The third-order valence-electron chi connectivity index (χ3n) is 2.42. The minimum Gasteiger partial charge on any atom is -0.419 e. The van der Waals surface area contributed by atoms with Crippen LogP contribution in [0.25, 0.3) is 0 Å². The minimum atomic E-state index is -0.470. The molecule has 0 heterocycles. The number of carbonyl (C=O) groups excluding carboxylic acids is 2. The summed E-state index contributed by atoms with van der Waals surface area (Å²) in [6, 6.07) is 8.66. The summed E-state index contributed by atoms with van der Waals surface area (Å²) in [5.41, 5.74) is 0.460. The van der Waals surface area contributed by atoms with Gasteiger partial charge in [-0.3, -0.25) is 4.79 Å². The van der Waals surface area contributed by atoms with E-state index in [1.165, 1.54) is 0 Å². The van der Waals surface area contributed by atoms with E-state index >= 15 is 0 Å². The van der Waals surface area contributed by atoms with E-state index in [0.717, 1.165) is 12.8 Å². The summed E-state index contributed by atoms with van der Waals surface area (Å²) in [4.78, 5) is 23.1. The van der Waals surface area contributed by atoms with E-state index in [4.69, 9.17) is 4.74 Å². The highest BCUT2D eigenvalue weighted by molar-refractivity contribution is 5.99. The molecule has 0 amide bonds. The van der Waals surface area contributed by atoms with Crippen LogP contribution in [0.4, 0.5) is 0 Å². The highest BCUT2D eigenvalue weighted by atomic mass is 16.5. The Kier molecular flexibility index (Phi) is 3.15. The quantitative estimate of drug-likeness (QED) is 0.713. The molecule has 16 heavy (non-hydrogen) atoms. The number of benzene rings is 1. The van der Waals surface area contributed by atoms with Crippen molar-refractivity contribution in [3.05, 3.63) is 47.7 Å². The molecular weight excluding hydrogens is 204 g/mol. The van der Waals surface area contributed by atoms with Crippen LogP contribution in [0.1, 0.15) is 29.6 Å². The van der Waals surface area contributed by atoms with Crippen LogP contribution in [0.15, 0.2) is 42.2 Å². The van der Waals surface area contributed by atoms with Crippen molar-refractivity contribution in [2.24, 2.45) is 0 Å². The second kappa shape index (κ2) is 4.75. The first-order chi connectivity index (χ1) is 7.77. The lowest BCUT2D eigenvalue weighted by molar-refractivity contribution is -0.118. The van der Waals surface area contributed by atoms with Crippen molar-refractivity contribution in [3.8, 4) is 0 Å². The molecular formula is C13H12O3. The van der Waals surface area contributed by atoms with E-state index in [9.17, 15) is 9.59 Å². The van der Waals surface area contributed by atoms with Crippen molar-refractivity contribution < 1.29 is 14.3 Å². The molecule has 0 atom stereocenters. The number of ketones is 1. The molecule has 0 fully saturated rings. The molecule has 3 nitrogen and oxygen atoms in total. The van der Waals surface area contributed by atoms with Crippen molar-refractivity contribution in [3.63, 3.8) is 0 Å². The highest BCUT2D eigenvalue weighted by Crippen LogP contribution is 2.16. The number of hydrogen-bond acceptors (Lipinski definition) is 3. The van der Waals surface area contributed by atoms with Gasteiger partial charge in [-0.2, -0.15) is 0 Å². The van der Waals surface area contributed by atoms with Gasteiger partial charge in [0.15, 0.2) is 11.5 Å². The summed E-state index contributed by atoms with van der Waals surface area (Å²) >= 11 is 0. The van der Waals surface area contributed by atoms with Gasteiger partial charge in [-0.25, -0.2) is 4.79 Å². The van der Waals surface area contributed by atoms with Crippen LogP contribution in [-0.2, 0) is 9.53 Å². The van der Waals surface area contributed by atoms with Crippen molar-refractivity contribution in [2.45, 2.75) is 19.3 Å². The summed E-state index contributed by atoms with van der Waals surface area (Å²) in [6.07, 6.45) is 3.79. The fourth-order valence-electron chi connectivity index (χ4n) is 1.56. The van der Waals surface area contributed by atoms with Crippen LogP contribution in [-0.4, -0.2) is 11.8 Å². The summed E-state index contributed by atoms with van der Waals surface area (Å²) in [7, 11) is 0. The molecule has 1 aromatic carbocycles. The first-order valence-electron chi connectivity index (χ1n) is 5.28. The van der Waals surface area contributed by atoms with Gasteiger partial charge in [-0.15, -0.1) is 0 Å². The molecule has 0 aliphatic heterocycles. The predicted molar refractivity (Wildman–Crippen MR) is 58.8 cm³/mol. The molecule has 2 rings (SSSR count). The van der Waals surface area contributed by atoms with Gasteiger partial charge in [0.25, 0.3) is 0 Å². The maximum absolute atomic E-state index is 11.6. The number of esters is 1. The van der Waals surface area contributed by atoms with E-state index in [1.54, 1.807) is 30.3 Å². The van der Waals surface area contributed by atoms with Gasteiger partial charge in [-0.1, -0.05) is 18.2 Å². The molecule has 0 aromatic heterocycles. The van der Waals surface area contributed by atoms with Gasteiger partial charge in [0.05, 0.1) is 5.56 Å². The highest BCUT2D eigenvalue weighted by Gasteiger charge is 2.18. The molecule has 1 aliphatic rings. The number of rotatable bonds is 2. The average Bonchev–Trinajstić information content (AvgIpc) is 2.33. The zero-order valence-corrected chi connectivity index (χ0v) is 8.81. The molecule has 1 aromatic rings. The lowest BCUT2D eigenvalue weighted by Crippen LogP contribution is -2.14. The van der Waals surface area contributed by atoms with Gasteiger partial charge < -0.3 is 4.74 Å². The zero-order chi connectivity index (χ0) is 11.4. The Morgan fingerprint density at radius 2 is 1.94 bits per heavy atom. The Morgan fingerprint density at radius 3 is 2.62 bits per heavy atom. The number of Topliss-reactive ketones (excluding diaryl/α,β-unsaturated/α-hetero) is 1. The number of allylic oxidation sites excluding steroid dienone is 2. The molecule has 0 N–H and O–H groups in total. The molecule has 1 aliphatic carbocycles. The monoisotopic (exact) mass is 216 g/mol. The van der Waals surface area contributed by atoms with E-state index in [-0.39, 0.29) is 11.5 Å². The molecule has 82 valence electrons. The van der Waals surface area contributed by atoms with Gasteiger partial charge in [0.2, 0.25) is 0 Å². The zero-order valence-electron chi connectivity index (χ0n) is 8.81. The average molecular weight is 216 g/mol. The van der Waals surface area contributed by atoms with Crippen molar-refractivity contribution in [1.29, 1.82) is 0 Å². The number of ether oxygens (including phenoxy) is 1. The lowest BCUT2D eigenvalue weighted by Gasteiger charge is -2.11. The van der Waals surface area contributed by atoms with Crippen LogP contribution in [0.2, 0.25) is 0 Å². The smallest absolute Gasteiger partial charge is 0.343 e. The van der Waals surface area contributed by atoms with Crippen molar-refractivity contribution in [1.82, 2.24) is 0 Å². The van der Waals surface area contributed by atoms with E-state index in [1.807, 2.05) is 6.07 Å². The summed E-state index contributed by atoms with van der Waals surface area (Å²) in [6.45, 7) is 0. The Hall–Kier alpha value is -1.90. The molecule has 0 radical (unpaired) electrons. The van der Waals surface area contributed by atoms with Gasteiger partial charge >= 0.3 is 5.97 Å². The summed E-state index contributed by atoms with van der Waals surface area (Å²) in [5.74, 6) is -0.363. The Bertz CT molecular complexity index is 432. The molecule has 0 unspecified atom stereocenters. The summed E-state index contributed by atoms with van der Waals surface area (Å²) in [5, 5.41) is 0. The van der Waals surface area contributed by atoms with Crippen molar-refractivity contribution in [2.75, 3.05) is 0 Å². The van der Waals surface area contributed by atoms with Crippen LogP contribution in [0, 0.1) is 0 Å². The van der Waals surface area contributed by atoms with Crippen molar-refractivity contribution >= 4 is 11.8 Å². The molecule has 0 saturated heterocycles. The van der Waals surface area contributed by atoms with Crippen LogP contribution in [0.5, 0.6) is 0 Å². The Labute approximate surface area is 93.7 Å². The fraction of sp³-hybridized carbons (Fsp3) is 0.231. The lowest BCUT2D eigenvalue weighted by atomic mass is 10.1. The third kappa shape index (κ3) is 2.37. The van der Waals surface area contributed by atoms with Gasteiger partial charge in [0, 0.05) is 6.42 Å². The molecule has 0 saturated carbocycles. The predicted octanol–water partition coefficient (Wildman–Crippen LogP) is 2.48. The van der Waals surface area contributed by atoms with Gasteiger partial charge in [-0.05, 0) is 31.1 Å². The SMILES string of the molecule is O=C1CCCC=C1OC(=O)c1ccccc1. The van der Waals surface area contributed by atoms with E-state index in [2.05, 4.69) is 0 Å². The second-order valence-corrected chi connectivity index (χ2v) is 3.64. The largest absolute Gasteiger partial charge is 0.419 e. The molecule has 3 heteroatoms. The first kappa shape index (κ1) is 10.6. The second-order valence-electron chi connectivity index (χ2n) is 3.64. The minimum absolute atomic E-state index is 0.0875. The topological polar surface area (TPSA) is 43.4 Å². The first-order valence-corrected chi connectivity index (χ1v) is 5.28. The number of hydrogen-bond donors (Lipinski definition) is 0. The van der Waals surface area contributed by atoms with Crippen LogP contribution >= 0.6 is 0 Å². The number of carbonyl (C=O) groups is 2.